The first kappa shape index (κ1) is 21.7. The maximum atomic E-state index is 12.5. The van der Waals surface area contributed by atoms with Gasteiger partial charge in [0.15, 0.2) is 5.82 Å². The third-order valence-electron chi connectivity index (χ3n) is 4.72. The fourth-order valence-electron chi connectivity index (χ4n) is 3.08. The molecule has 0 aliphatic heterocycles. The first-order chi connectivity index (χ1) is 14.9. The maximum Gasteiger partial charge on any atom is 0.328 e. The zero-order valence-electron chi connectivity index (χ0n) is 17.5. The van der Waals surface area contributed by atoms with E-state index in [2.05, 4.69) is 20.6 Å². The quantitative estimate of drug-likeness (QED) is 0.567. The number of rotatable bonds is 7. The molecule has 0 radical (unpaired) electrons. The van der Waals surface area contributed by atoms with Gasteiger partial charge in [-0.05, 0) is 36.2 Å². The minimum Gasteiger partial charge on any atom is -0.467 e. The van der Waals surface area contributed by atoms with E-state index in [0.29, 0.717) is 28.3 Å². The predicted molar refractivity (Wildman–Crippen MR) is 116 cm³/mol. The van der Waals surface area contributed by atoms with E-state index in [1.807, 2.05) is 44.2 Å². The number of carbonyl (C=O) groups excluding carboxylic acids is 2. The van der Waals surface area contributed by atoms with Crippen LogP contribution in [0.1, 0.15) is 35.6 Å². The van der Waals surface area contributed by atoms with Crippen LogP contribution in [-0.2, 0) is 16.1 Å². The van der Waals surface area contributed by atoms with Gasteiger partial charge in [-0.15, -0.1) is 0 Å². The second-order valence-corrected chi connectivity index (χ2v) is 7.27. The van der Waals surface area contributed by atoms with E-state index in [4.69, 9.17) is 10.00 Å². The van der Waals surface area contributed by atoms with Crippen LogP contribution < -0.4 is 10.6 Å². The number of hydrogen-bond acceptors (Lipinski definition) is 7. The first-order valence-electron chi connectivity index (χ1n) is 9.81. The Labute approximate surface area is 180 Å². The van der Waals surface area contributed by atoms with Gasteiger partial charge in [0.25, 0.3) is 5.91 Å². The van der Waals surface area contributed by atoms with Gasteiger partial charge in [-0.25, -0.2) is 14.8 Å². The van der Waals surface area contributed by atoms with Crippen LogP contribution in [0.15, 0.2) is 48.5 Å². The number of nitrogens with one attached hydrogen (secondary N) is 2. The van der Waals surface area contributed by atoms with Gasteiger partial charge in [0.2, 0.25) is 0 Å². The van der Waals surface area contributed by atoms with Crippen molar-refractivity contribution in [3.05, 3.63) is 65.5 Å². The van der Waals surface area contributed by atoms with Gasteiger partial charge < -0.3 is 15.4 Å². The van der Waals surface area contributed by atoms with E-state index in [-0.39, 0.29) is 24.3 Å². The molecule has 1 heterocycles. The Bertz CT molecular complexity index is 1150. The van der Waals surface area contributed by atoms with Crippen molar-refractivity contribution < 1.29 is 14.3 Å². The molecule has 0 bridgehead atoms. The van der Waals surface area contributed by atoms with Crippen LogP contribution in [0.2, 0.25) is 0 Å². The highest BCUT2D eigenvalue weighted by molar-refractivity contribution is 5.94. The number of carbonyl (C=O) groups is 2. The van der Waals surface area contributed by atoms with Gasteiger partial charge >= 0.3 is 5.97 Å². The average molecular weight is 417 g/mol. The molecular formula is C23H23N5O3. The summed E-state index contributed by atoms with van der Waals surface area (Å²) in [6.45, 7) is 3.91. The number of benzene rings is 2. The van der Waals surface area contributed by atoms with Gasteiger partial charge in [0.05, 0.1) is 30.8 Å². The zero-order chi connectivity index (χ0) is 22.4. The Hall–Kier alpha value is -3.99. The van der Waals surface area contributed by atoms with Gasteiger partial charge in [-0.2, -0.15) is 5.26 Å². The number of ether oxygens (including phenoxy) is 1. The monoisotopic (exact) mass is 417 g/mol. The topological polar surface area (TPSA) is 117 Å². The van der Waals surface area contributed by atoms with Crippen LogP contribution in [0.3, 0.4) is 0 Å². The van der Waals surface area contributed by atoms with E-state index in [1.54, 1.807) is 18.2 Å². The van der Waals surface area contributed by atoms with Gasteiger partial charge in [-0.3, -0.25) is 4.79 Å². The summed E-state index contributed by atoms with van der Waals surface area (Å²) in [5.74, 6) is 0.128. The summed E-state index contributed by atoms with van der Waals surface area (Å²) >= 11 is 0. The van der Waals surface area contributed by atoms with Crippen LogP contribution in [0, 0.1) is 17.2 Å². The number of hydrogen-bond donors (Lipinski definition) is 2. The molecule has 0 aliphatic carbocycles. The highest BCUT2D eigenvalue weighted by Crippen LogP contribution is 2.22. The minimum atomic E-state index is -0.584. The largest absolute Gasteiger partial charge is 0.467 e. The maximum absolute atomic E-state index is 12.5. The number of nitrogens with zero attached hydrogens (tertiary/aromatic N) is 3. The summed E-state index contributed by atoms with van der Waals surface area (Å²) in [7, 11) is 1.35. The Morgan fingerprint density at radius 2 is 1.90 bits per heavy atom. The van der Waals surface area contributed by atoms with Crippen LogP contribution in [0.25, 0.3) is 10.9 Å². The molecule has 3 rings (SSSR count). The van der Waals surface area contributed by atoms with Crippen molar-refractivity contribution >= 4 is 28.6 Å². The van der Waals surface area contributed by atoms with Gasteiger partial charge in [0.1, 0.15) is 11.9 Å². The standard InChI is InChI=1S/C23H23N5O3/c1-14(2)20(23(30)31-3)28-21-17-9-4-5-10-18(17)26-19(27-21)13-25-22(29)16-8-6-7-15(11-16)12-24/h4-11,14,20H,13H2,1-3H3,(H,25,29)(H,26,27,28)/t20-/m0/s1. The summed E-state index contributed by atoms with van der Waals surface area (Å²) in [4.78, 5) is 33.7. The lowest BCUT2D eigenvalue weighted by Crippen LogP contribution is -2.36. The van der Waals surface area contributed by atoms with Crippen molar-refractivity contribution in [2.24, 2.45) is 5.92 Å². The number of amides is 1. The molecule has 0 saturated heterocycles. The molecule has 0 unspecified atom stereocenters. The van der Waals surface area contributed by atoms with Gasteiger partial charge in [0, 0.05) is 10.9 Å². The van der Waals surface area contributed by atoms with E-state index in [0.717, 1.165) is 5.39 Å². The minimum absolute atomic E-state index is 0.0308. The van der Waals surface area contributed by atoms with Crippen molar-refractivity contribution in [1.82, 2.24) is 15.3 Å². The number of para-hydroxylation sites is 1. The number of aromatic nitrogens is 2. The molecule has 0 saturated carbocycles. The molecule has 8 heteroatoms. The van der Waals surface area contributed by atoms with Crippen molar-refractivity contribution in [3.63, 3.8) is 0 Å². The Morgan fingerprint density at radius 1 is 1.13 bits per heavy atom. The smallest absolute Gasteiger partial charge is 0.328 e. The molecule has 1 atom stereocenters. The summed E-state index contributed by atoms with van der Waals surface area (Å²) in [6.07, 6.45) is 0. The predicted octanol–water partition coefficient (Wildman–Crippen LogP) is 3.04. The second kappa shape index (κ2) is 9.67. The van der Waals surface area contributed by atoms with Crippen molar-refractivity contribution in [1.29, 1.82) is 5.26 Å². The van der Waals surface area contributed by atoms with Crippen molar-refractivity contribution in [2.75, 3.05) is 12.4 Å². The SMILES string of the molecule is COC(=O)[C@@H](Nc1nc(CNC(=O)c2cccc(C#N)c2)nc2ccccc12)C(C)C. The Balaban J connectivity index is 1.87. The van der Waals surface area contributed by atoms with Crippen LogP contribution in [0.5, 0.6) is 0 Å². The number of fused-ring (bicyclic) bond motifs is 1. The summed E-state index contributed by atoms with van der Waals surface area (Å²) in [5, 5.41) is 15.7. The molecule has 1 aromatic heterocycles. The molecule has 0 fully saturated rings. The molecule has 2 aromatic carbocycles. The van der Waals surface area contributed by atoms with E-state index in [9.17, 15) is 9.59 Å². The molecular weight excluding hydrogens is 394 g/mol. The molecule has 2 N–H and O–H groups in total. The third-order valence-corrected chi connectivity index (χ3v) is 4.72. The molecule has 8 nitrogen and oxygen atoms in total. The highest BCUT2D eigenvalue weighted by atomic mass is 16.5. The number of anilines is 1. The molecule has 3 aromatic rings. The number of nitriles is 1. The normalized spacial score (nSPS) is 11.6. The average Bonchev–Trinajstić information content (AvgIpc) is 2.80. The summed E-state index contributed by atoms with van der Waals surface area (Å²) in [5.41, 5.74) is 1.47. The first-order valence-corrected chi connectivity index (χ1v) is 9.81. The molecule has 0 spiro atoms. The highest BCUT2D eigenvalue weighted by Gasteiger charge is 2.24. The Morgan fingerprint density at radius 3 is 2.61 bits per heavy atom. The van der Waals surface area contributed by atoms with E-state index in [1.165, 1.54) is 13.2 Å². The van der Waals surface area contributed by atoms with Crippen LogP contribution >= 0.6 is 0 Å². The third kappa shape index (κ3) is 5.14. The van der Waals surface area contributed by atoms with E-state index >= 15 is 0 Å². The lowest BCUT2D eigenvalue weighted by molar-refractivity contribution is -0.142. The second-order valence-electron chi connectivity index (χ2n) is 7.27. The van der Waals surface area contributed by atoms with Gasteiger partial charge in [-0.1, -0.05) is 32.0 Å². The Kier molecular flexibility index (Phi) is 6.78. The van der Waals surface area contributed by atoms with Crippen LogP contribution in [0.4, 0.5) is 5.82 Å². The zero-order valence-corrected chi connectivity index (χ0v) is 17.5. The lowest BCUT2D eigenvalue weighted by atomic mass is 10.0. The van der Waals surface area contributed by atoms with E-state index < -0.39 is 6.04 Å². The van der Waals surface area contributed by atoms with Crippen molar-refractivity contribution in [2.45, 2.75) is 26.4 Å². The lowest BCUT2D eigenvalue weighted by Gasteiger charge is -2.21. The van der Waals surface area contributed by atoms with Crippen LogP contribution in [-0.4, -0.2) is 35.0 Å². The molecule has 158 valence electrons. The fourth-order valence-corrected chi connectivity index (χ4v) is 3.08. The van der Waals surface area contributed by atoms with Crippen molar-refractivity contribution in [3.8, 4) is 6.07 Å². The number of methoxy groups -OCH3 is 1. The fraction of sp³-hybridized carbons (Fsp3) is 0.261. The number of esters is 1. The summed E-state index contributed by atoms with van der Waals surface area (Å²) < 4.78 is 4.91. The molecule has 0 aliphatic rings. The molecule has 1 amide bonds. The summed E-state index contributed by atoms with van der Waals surface area (Å²) in [6, 6.07) is 15.3. The molecule has 31 heavy (non-hydrogen) atoms.